The third-order valence-electron chi connectivity index (χ3n) is 0.265. The maximum Gasteiger partial charge on any atom is 1.00 e. The van der Waals surface area contributed by atoms with Gasteiger partial charge in [-0.2, -0.15) is 13.0 Å². The van der Waals surface area contributed by atoms with Gasteiger partial charge in [0.15, 0.2) is 0 Å². The molecule has 90 valence electrons. The Balaban J connectivity index is -0.0000000359. The van der Waals surface area contributed by atoms with Crippen molar-refractivity contribution in [3.63, 3.8) is 0 Å². The van der Waals surface area contributed by atoms with Crippen LogP contribution >= 0.6 is 7.82 Å². The Bertz CT molecular complexity index is 323. The molecule has 0 unspecified atom stereocenters. The molecule has 0 radical (unpaired) electrons. The van der Waals surface area contributed by atoms with Gasteiger partial charge in [-0.3, -0.25) is 9.11 Å². The second kappa shape index (κ2) is 12.6. The van der Waals surface area contributed by atoms with E-state index in [4.69, 9.17) is 27.3 Å². The molecule has 0 bridgehead atoms. The molecule has 0 aliphatic carbocycles. The van der Waals surface area contributed by atoms with Crippen LogP contribution < -0.4 is 114 Å². The van der Waals surface area contributed by atoms with Gasteiger partial charge in [0.2, 0.25) is 0 Å². The first-order valence-corrected chi connectivity index (χ1v) is 5.34. The molecule has 0 fully saturated rings. The van der Waals surface area contributed by atoms with E-state index in [9.17, 15) is 9.36 Å². The van der Waals surface area contributed by atoms with Gasteiger partial charge >= 0.3 is 127 Å². The Hall–Kier alpha value is 2.52. The minimum absolute atomic E-state index is 0. The summed E-state index contributed by atoms with van der Waals surface area (Å²) in [5.41, 5.74) is 5.64. The number of urea groups is 1. The van der Waals surface area contributed by atoms with Gasteiger partial charge in [-0.05, 0) is 0 Å². The van der Waals surface area contributed by atoms with Gasteiger partial charge in [0.1, 0.15) is 0 Å². The molecule has 0 spiro atoms. The molecule has 0 heterocycles. The zero-order valence-electron chi connectivity index (χ0n) is 10.3. The first-order valence-electron chi connectivity index (χ1n) is 2.41. The summed E-state index contributed by atoms with van der Waals surface area (Å²) in [6.07, 6.45) is 0. The number of amides is 2. The SMILES string of the molecule is NC(=O)NOP(=O)(O)O.O=S(=O)(O)O.[H-].[H-].[K+].[K+]. The number of nitrogens with two attached hydrogens (primary N) is 1. The van der Waals surface area contributed by atoms with E-state index in [0.717, 1.165) is 0 Å². The second-order valence-electron chi connectivity index (χ2n) is 1.50. The molecule has 0 atom stereocenters. The largest absolute Gasteiger partial charge is 1.00 e. The number of nitrogens with one attached hydrogen (secondary N) is 1. The van der Waals surface area contributed by atoms with Gasteiger partial charge in [-0.25, -0.2) is 14.8 Å². The number of hydrogen-bond donors (Lipinski definition) is 6. The van der Waals surface area contributed by atoms with Crippen molar-refractivity contribution in [3.8, 4) is 0 Å². The van der Waals surface area contributed by atoms with Crippen molar-refractivity contribution >= 4 is 24.3 Å². The summed E-state index contributed by atoms with van der Waals surface area (Å²) in [5, 5.41) is 0. The van der Waals surface area contributed by atoms with E-state index in [0.29, 0.717) is 0 Å². The van der Waals surface area contributed by atoms with Crippen LogP contribution in [0.1, 0.15) is 2.85 Å². The second-order valence-corrected chi connectivity index (χ2v) is 3.56. The quantitative estimate of drug-likeness (QED) is 0.123. The van der Waals surface area contributed by atoms with Crippen LogP contribution in [-0.4, -0.2) is 33.3 Å². The molecule has 7 N–H and O–H groups in total. The molecule has 0 aromatic heterocycles. The van der Waals surface area contributed by atoms with Crippen LogP contribution in [0.25, 0.3) is 0 Å². The van der Waals surface area contributed by atoms with Crippen molar-refractivity contribution in [2.45, 2.75) is 0 Å². The Morgan fingerprint density at radius 3 is 1.62 bits per heavy atom. The standard InChI is InChI=1S/CH5N2O5P.2K.H2O4S.2H/c2-1(4)3-8-9(5,6)7;;;1-5(2,3)4;;/h(H3,2,3,4)(H2,5,6,7);;;(H2,1,2,3,4);;/q;2*+1;;2*-1. The Morgan fingerprint density at radius 2 is 1.56 bits per heavy atom. The van der Waals surface area contributed by atoms with E-state index in [-0.39, 0.29) is 106 Å². The van der Waals surface area contributed by atoms with Crippen LogP contribution in [0.5, 0.6) is 0 Å². The van der Waals surface area contributed by atoms with E-state index < -0.39 is 24.3 Å². The van der Waals surface area contributed by atoms with Crippen molar-refractivity contribution in [2.24, 2.45) is 5.73 Å². The molecule has 0 aliphatic heterocycles. The van der Waals surface area contributed by atoms with Crippen molar-refractivity contribution in [2.75, 3.05) is 0 Å². The summed E-state index contributed by atoms with van der Waals surface area (Å²) in [5.74, 6) is 0. The van der Waals surface area contributed by atoms with Gasteiger partial charge < -0.3 is 18.4 Å². The number of phosphoric acid groups is 1. The average Bonchev–Trinajstić information content (AvgIpc) is 1.77. The van der Waals surface area contributed by atoms with Crippen LogP contribution in [0.2, 0.25) is 0 Å². The van der Waals surface area contributed by atoms with Crippen LogP contribution in [0.4, 0.5) is 4.79 Å². The maximum absolute atomic E-state index is 9.74. The molecule has 0 saturated carbocycles. The number of carbonyl (C=O) groups excluding carboxylic acids is 1. The van der Waals surface area contributed by atoms with Gasteiger partial charge in [0.25, 0.3) is 0 Å². The fourth-order valence-electron chi connectivity index (χ4n) is 0.104. The maximum atomic E-state index is 9.74. The topological polar surface area (TPSA) is 196 Å². The van der Waals surface area contributed by atoms with Crippen molar-refractivity contribution < 1.29 is 147 Å². The normalized spacial score (nSPS) is 9.75. The number of carbonyl (C=O) groups is 1. The predicted octanol–water partition coefficient (Wildman–Crippen LogP) is -7.74. The zero-order valence-corrected chi connectivity index (χ0v) is 16.2. The molecule has 0 saturated heterocycles. The van der Waals surface area contributed by atoms with Crippen molar-refractivity contribution in [1.29, 1.82) is 0 Å². The van der Waals surface area contributed by atoms with Crippen molar-refractivity contribution in [3.05, 3.63) is 0 Å². The summed E-state index contributed by atoms with van der Waals surface area (Å²) < 4.78 is 44.8. The first kappa shape index (κ1) is 27.0. The van der Waals surface area contributed by atoms with Gasteiger partial charge in [0.05, 0.1) is 0 Å². The summed E-state index contributed by atoms with van der Waals surface area (Å²) in [4.78, 5) is 25.5. The number of hydroxylamine groups is 1. The van der Waals surface area contributed by atoms with E-state index >= 15 is 0 Å². The molecule has 2 amide bonds. The third kappa shape index (κ3) is 54.8. The molecule has 16 heavy (non-hydrogen) atoms. The van der Waals surface area contributed by atoms with Gasteiger partial charge in [-0.1, -0.05) is 0 Å². The molecule has 0 rings (SSSR count). The summed E-state index contributed by atoms with van der Waals surface area (Å²) in [6.45, 7) is 0. The predicted molar refractivity (Wildman–Crippen MR) is 42.2 cm³/mol. The zero-order chi connectivity index (χ0) is 12.0. The fraction of sp³-hybridized carbons (Fsp3) is 0. The average molecular weight is 334 g/mol. The number of rotatable bonds is 2. The van der Waals surface area contributed by atoms with Crippen molar-refractivity contribution in [1.82, 2.24) is 5.48 Å². The number of primary amides is 1. The van der Waals surface area contributed by atoms with E-state index in [2.05, 4.69) is 10.4 Å². The Labute approximate surface area is 178 Å². The van der Waals surface area contributed by atoms with E-state index in [1.54, 1.807) is 0 Å². The Morgan fingerprint density at radius 1 is 1.31 bits per heavy atom. The van der Waals surface area contributed by atoms with Gasteiger partial charge in [0, 0.05) is 0 Å². The Kier molecular flexibility index (Phi) is 21.2. The number of hydrogen-bond acceptors (Lipinski definition) is 5. The van der Waals surface area contributed by atoms with E-state index in [1.165, 1.54) is 5.48 Å². The van der Waals surface area contributed by atoms with Crippen LogP contribution in [-0.2, 0) is 19.6 Å². The molecule has 15 heteroatoms. The summed E-state index contributed by atoms with van der Waals surface area (Å²) >= 11 is 0. The first-order chi connectivity index (χ1) is 5.92. The monoisotopic (exact) mass is 334 g/mol. The third-order valence-corrected chi connectivity index (χ3v) is 0.594. The molecule has 0 aromatic carbocycles. The molecular formula is CH9K2N2O9PS. The molecule has 11 nitrogen and oxygen atoms in total. The minimum atomic E-state index is -4.67. The summed E-state index contributed by atoms with van der Waals surface area (Å²) in [7, 11) is -9.30. The smallest absolute Gasteiger partial charge is 1.00 e. The van der Waals surface area contributed by atoms with Crippen LogP contribution in [0.3, 0.4) is 0 Å². The van der Waals surface area contributed by atoms with Crippen LogP contribution in [0.15, 0.2) is 0 Å². The fourth-order valence-corrected chi connectivity index (χ4v) is 0.313. The van der Waals surface area contributed by atoms with Gasteiger partial charge in [-0.15, -0.1) is 0 Å². The molecular weight excluding hydrogens is 325 g/mol. The van der Waals surface area contributed by atoms with E-state index in [1.807, 2.05) is 0 Å². The van der Waals surface area contributed by atoms with Crippen LogP contribution in [0, 0.1) is 0 Å². The molecule has 0 aliphatic rings. The molecule has 0 aromatic rings. The summed E-state index contributed by atoms with van der Waals surface area (Å²) in [6, 6.07) is -1.17. The minimum Gasteiger partial charge on any atom is -1.00 e.